The quantitative estimate of drug-likeness (QED) is 0.315. The van der Waals surface area contributed by atoms with Crippen molar-refractivity contribution in [3.63, 3.8) is 0 Å². The molecule has 2 aliphatic heterocycles. The Kier molecular flexibility index (Phi) is 12.8. The molecule has 238 valence electrons. The summed E-state index contributed by atoms with van der Waals surface area (Å²) in [7, 11) is -3.97. The van der Waals surface area contributed by atoms with Crippen LogP contribution in [0.4, 0.5) is 5.69 Å². The molecule has 0 fully saturated rings. The number of amides is 2. The number of carbonyl (C=O) groups is 2. The molecule has 0 radical (unpaired) electrons. The Balaban J connectivity index is 1.93. The molecule has 11 heteroatoms. The topological polar surface area (TPSA) is 151 Å². The number of sulfonamides is 1. The Morgan fingerprint density at radius 1 is 0.977 bits per heavy atom. The van der Waals surface area contributed by atoms with Crippen LogP contribution in [-0.2, 0) is 26.0 Å². The molecule has 5 N–H and O–H groups in total. The van der Waals surface area contributed by atoms with Crippen LogP contribution in [0.15, 0.2) is 53.4 Å². The summed E-state index contributed by atoms with van der Waals surface area (Å²) in [4.78, 5) is 26.3. The number of anilines is 1. The normalized spacial score (nSPS) is 20.0. The van der Waals surface area contributed by atoms with Gasteiger partial charge in [-0.25, -0.2) is 8.42 Å². The number of aliphatic hydroxyl groups excluding tert-OH is 1. The zero-order valence-electron chi connectivity index (χ0n) is 25.8. The highest BCUT2D eigenvalue weighted by Gasteiger charge is 2.33. The summed E-state index contributed by atoms with van der Waals surface area (Å²) in [5, 5.41) is 17.4. The number of nitrogens with one attached hydrogen (secondary N) is 2. The monoisotopic (exact) mass is 616 g/mol. The van der Waals surface area contributed by atoms with Gasteiger partial charge in [-0.2, -0.15) is 4.31 Å². The molecule has 10 nitrogen and oxygen atoms in total. The van der Waals surface area contributed by atoms with E-state index in [9.17, 15) is 23.1 Å². The van der Waals surface area contributed by atoms with Gasteiger partial charge in [0, 0.05) is 25.2 Å². The number of hydrogen-bond donors (Lipinski definition) is 4. The molecular formula is C32H48N4O6S. The predicted molar refractivity (Wildman–Crippen MR) is 168 cm³/mol. The molecule has 0 saturated carbocycles. The second kappa shape index (κ2) is 16.1. The number of aliphatic hydroxyl groups is 1. The molecule has 2 aromatic rings. The Hall–Kier alpha value is -3.15. The largest absolute Gasteiger partial charge is 0.494 e. The van der Waals surface area contributed by atoms with Gasteiger partial charge >= 0.3 is 0 Å². The second-order valence-electron chi connectivity index (χ2n) is 12.1. The van der Waals surface area contributed by atoms with Gasteiger partial charge in [-0.3, -0.25) is 9.59 Å². The van der Waals surface area contributed by atoms with Crippen molar-refractivity contribution in [2.45, 2.75) is 89.3 Å². The number of benzene rings is 2. The van der Waals surface area contributed by atoms with Gasteiger partial charge in [0.1, 0.15) is 11.8 Å². The highest BCUT2D eigenvalue weighted by molar-refractivity contribution is 7.89. The summed E-state index contributed by atoms with van der Waals surface area (Å²) in [5.74, 6) is 0.0970. The maximum absolute atomic E-state index is 13.7. The zero-order valence-corrected chi connectivity index (χ0v) is 26.6. The van der Waals surface area contributed by atoms with Crippen LogP contribution in [0, 0.1) is 11.8 Å². The minimum absolute atomic E-state index is 0.0776. The van der Waals surface area contributed by atoms with E-state index in [2.05, 4.69) is 10.6 Å². The second-order valence-corrected chi connectivity index (χ2v) is 14.0. The van der Waals surface area contributed by atoms with Crippen molar-refractivity contribution in [3.8, 4) is 5.75 Å². The van der Waals surface area contributed by atoms with Gasteiger partial charge in [0.05, 0.1) is 23.6 Å². The first-order valence-corrected chi connectivity index (χ1v) is 16.7. The maximum atomic E-state index is 13.7. The average Bonchev–Trinajstić information content (AvgIpc) is 2.95. The molecule has 0 aliphatic carbocycles. The summed E-state index contributed by atoms with van der Waals surface area (Å²) >= 11 is 0. The van der Waals surface area contributed by atoms with Crippen LogP contribution >= 0.6 is 0 Å². The summed E-state index contributed by atoms with van der Waals surface area (Å²) in [5.41, 5.74) is 7.06. The fraction of sp³-hybridized carbons (Fsp3) is 0.562. The highest BCUT2D eigenvalue weighted by atomic mass is 32.2. The molecule has 0 aromatic heterocycles. The van der Waals surface area contributed by atoms with Crippen molar-refractivity contribution in [1.29, 1.82) is 0 Å². The summed E-state index contributed by atoms with van der Waals surface area (Å²) < 4.78 is 34.5. The Morgan fingerprint density at radius 3 is 2.28 bits per heavy atom. The van der Waals surface area contributed by atoms with Crippen molar-refractivity contribution in [2.24, 2.45) is 11.8 Å². The molecule has 3 atom stereocenters. The summed E-state index contributed by atoms with van der Waals surface area (Å²) in [6.45, 7) is 8.20. The third-order valence-electron chi connectivity index (χ3n) is 7.62. The van der Waals surface area contributed by atoms with Crippen molar-refractivity contribution in [3.05, 3.63) is 54.1 Å². The van der Waals surface area contributed by atoms with E-state index in [0.717, 1.165) is 18.4 Å². The van der Waals surface area contributed by atoms with Crippen LogP contribution in [0.1, 0.15) is 65.4 Å². The fourth-order valence-electron chi connectivity index (χ4n) is 4.90. The van der Waals surface area contributed by atoms with Crippen molar-refractivity contribution in [2.75, 3.05) is 25.4 Å². The van der Waals surface area contributed by atoms with Crippen molar-refractivity contribution in [1.82, 2.24) is 14.9 Å². The molecule has 0 saturated heterocycles. The van der Waals surface area contributed by atoms with E-state index in [-0.39, 0.29) is 42.1 Å². The molecule has 4 rings (SSSR count). The number of carbonyl (C=O) groups excluding carboxylic acids is 2. The van der Waals surface area contributed by atoms with Gasteiger partial charge in [0.25, 0.3) is 0 Å². The maximum Gasteiger partial charge on any atom is 0.243 e. The lowest BCUT2D eigenvalue weighted by Gasteiger charge is -2.32. The lowest BCUT2D eigenvalue weighted by Crippen LogP contribution is -2.56. The molecule has 2 aliphatic rings. The van der Waals surface area contributed by atoms with Crippen LogP contribution in [0.25, 0.3) is 0 Å². The van der Waals surface area contributed by atoms with Crippen LogP contribution in [-0.4, -0.2) is 67.5 Å². The molecule has 1 unspecified atom stereocenters. The summed E-state index contributed by atoms with van der Waals surface area (Å²) in [6.07, 6.45) is 2.18. The van der Waals surface area contributed by atoms with Crippen LogP contribution in [0.2, 0.25) is 0 Å². The van der Waals surface area contributed by atoms with Crippen LogP contribution in [0.5, 0.6) is 5.75 Å². The fourth-order valence-corrected chi connectivity index (χ4v) is 6.38. The molecule has 43 heavy (non-hydrogen) atoms. The van der Waals surface area contributed by atoms with E-state index in [4.69, 9.17) is 10.5 Å². The van der Waals surface area contributed by atoms with Crippen molar-refractivity contribution < 1.29 is 27.9 Å². The Morgan fingerprint density at radius 2 is 1.65 bits per heavy atom. The third kappa shape index (κ3) is 10.5. The van der Waals surface area contributed by atoms with E-state index in [1.54, 1.807) is 0 Å². The van der Waals surface area contributed by atoms with Crippen molar-refractivity contribution >= 4 is 27.5 Å². The van der Waals surface area contributed by atoms with E-state index >= 15 is 0 Å². The lowest BCUT2D eigenvalue weighted by molar-refractivity contribution is -0.131. The standard InChI is InChI=1S/C32H48N4O6S/c1-22(2)17-18-36(43(40,41)27-15-11-25(33)12-16-27)21-29(37)28-20-24-9-13-26(14-10-24)42-19-7-5-6-8-30(38)35-31(23(3)4)32(39)34-28/h9-16,22-23,28-29,31,37H,5-8,17-21,33H2,1-4H3,(H,34,39)(H,35,38)/t28?,29-,31+/m1/s1. The Labute approximate surface area is 256 Å². The van der Waals surface area contributed by atoms with Gasteiger partial charge in [0.2, 0.25) is 21.8 Å². The van der Waals surface area contributed by atoms with Gasteiger partial charge < -0.3 is 26.2 Å². The molecular weight excluding hydrogens is 568 g/mol. The average molecular weight is 617 g/mol. The number of rotatable bonds is 9. The van der Waals surface area contributed by atoms with Gasteiger partial charge in [0.15, 0.2) is 0 Å². The molecule has 2 aromatic carbocycles. The minimum atomic E-state index is -3.97. The summed E-state index contributed by atoms with van der Waals surface area (Å²) in [6, 6.07) is 11.8. The number of nitrogen functional groups attached to an aromatic ring is 1. The number of fused-ring (bicyclic) bond motifs is 14. The number of hydrogen-bond acceptors (Lipinski definition) is 7. The van der Waals surface area contributed by atoms with Crippen LogP contribution in [0.3, 0.4) is 0 Å². The number of nitrogens with two attached hydrogens (primary N) is 1. The number of ether oxygens (including phenoxy) is 1. The first-order chi connectivity index (χ1) is 20.4. The predicted octanol–water partition coefficient (Wildman–Crippen LogP) is 3.49. The SMILES string of the molecule is CC(C)CCN(C[C@@H](O)C1Cc2ccc(cc2)OCCCCCC(=O)N[C@@H](C(C)C)C(=O)N1)S(=O)(=O)c1ccc(N)cc1. The molecule has 2 bridgehead atoms. The Bertz CT molecular complexity index is 1280. The highest BCUT2D eigenvalue weighted by Crippen LogP contribution is 2.21. The lowest BCUT2D eigenvalue weighted by atomic mass is 9.98. The molecule has 2 heterocycles. The van der Waals surface area contributed by atoms with Crippen LogP contribution < -0.4 is 21.1 Å². The van der Waals surface area contributed by atoms with Gasteiger partial charge in [-0.15, -0.1) is 0 Å². The first-order valence-electron chi connectivity index (χ1n) is 15.2. The van der Waals surface area contributed by atoms with Gasteiger partial charge in [-0.1, -0.05) is 39.8 Å². The third-order valence-corrected chi connectivity index (χ3v) is 9.50. The van der Waals surface area contributed by atoms with E-state index in [0.29, 0.717) is 37.3 Å². The molecule has 2 amide bonds. The van der Waals surface area contributed by atoms with Gasteiger partial charge in [-0.05, 0) is 85.9 Å². The molecule has 0 spiro atoms. The van der Waals surface area contributed by atoms with E-state index in [1.807, 2.05) is 52.0 Å². The minimum Gasteiger partial charge on any atom is -0.494 e. The van der Waals surface area contributed by atoms with E-state index in [1.165, 1.54) is 28.6 Å². The first kappa shape index (κ1) is 34.3. The number of nitrogens with zero attached hydrogens (tertiary/aromatic N) is 1. The smallest absolute Gasteiger partial charge is 0.243 e. The van der Waals surface area contributed by atoms with E-state index < -0.39 is 34.1 Å². The zero-order chi connectivity index (χ0) is 31.6.